The van der Waals surface area contributed by atoms with Crippen molar-refractivity contribution in [1.29, 1.82) is 0 Å². The summed E-state index contributed by atoms with van der Waals surface area (Å²) in [7, 11) is 0. The maximum Gasteiger partial charge on any atom is 0.408 e. The van der Waals surface area contributed by atoms with Gasteiger partial charge in [-0.2, -0.15) is 0 Å². The van der Waals surface area contributed by atoms with Crippen molar-refractivity contribution in [3.63, 3.8) is 0 Å². The van der Waals surface area contributed by atoms with E-state index in [0.717, 1.165) is 0 Å². The largest absolute Gasteiger partial charge is 0.444 e. The van der Waals surface area contributed by atoms with Gasteiger partial charge in [-0.25, -0.2) is 9.18 Å². The van der Waals surface area contributed by atoms with Crippen molar-refractivity contribution in [3.8, 4) is 0 Å². The number of hydrogen-bond donors (Lipinski definition) is 3. The van der Waals surface area contributed by atoms with Crippen molar-refractivity contribution in [2.24, 2.45) is 0 Å². The van der Waals surface area contributed by atoms with Crippen molar-refractivity contribution in [2.75, 3.05) is 17.2 Å². The molecule has 6 nitrogen and oxygen atoms in total. The molecule has 114 valence electrons. The maximum atomic E-state index is 13.2. The van der Waals surface area contributed by atoms with Crippen molar-refractivity contribution >= 4 is 23.4 Å². The van der Waals surface area contributed by atoms with E-state index in [1.54, 1.807) is 20.8 Å². The minimum absolute atomic E-state index is 0.184. The Bertz CT molecular complexity index is 569. The summed E-state index contributed by atoms with van der Waals surface area (Å²) in [6.45, 7) is 5.38. The molecule has 1 aliphatic rings. The molecule has 21 heavy (non-hydrogen) atoms. The van der Waals surface area contributed by atoms with E-state index >= 15 is 0 Å². The molecule has 0 fully saturated rings. The standard InChI is InChI=1S/C14H18FN3O3/c1-14(2,3)21-13(20)18-11-7-16-9-5-4-8(15)6-10(9)17-12(11)19/h4-6,11,16H,7H2,1-3H3,(H,17,19)(H,18,20)/t11-/m0/s1. The Kier molecular flexibility index (Phi) is 4.02. The number of halogens is 1. The van der Waals surface area contributed by atoms with Gasteiger partial charge >= 0.3 is 6.09 Å². The second-order valence-electron chi connectivity index (χ2n) is 5.76. The van der Waals surface area contributed by atoms with E-state index in [9.17, 15) is 14.0 Å². The molecule has 0 saturated heterocycles. The van der Waals surface area contributed by atoms with Gasteiger partial charge in [-0.15, -0.1) is 0 Å². The fourth-order valence-corrected chi connectivity index (χ4v) is 1.86. The van der Waals surface area contributed by atoms with E-state index in [1.807, 2.05) is 0 Å². The van der Waals surface area contributed by atoms with Gasteiger partial charge in [0.05, 0.1) is 11.4 Å². The lowest BCUT2D eigenvalue weighted by Gasteiger charge is -2.22. The molecule has 0 radical (unpaired) electrons. The fourth-order valence-electron chi connectivity index (χ4n) is 1.86. The summed E-state index contributed by atoms with van der Waals surface area (Å²) in [6, 6.07) is 3.23. The van der Waals surface area contributed by atoms with Gasteiger partial charge < -0.3 is 20.7 Å². The lowest BCUT2D eigenvalue weighted by atomic mass is 10.2. The molecule has 1 aliphatic heterocycles. The maximum absolute atomic E-state index is 13.2. The highest BCUT2D eigenvalue weighted by molar-refractivity contribution is 6.00. The highest BCUT2D eigenvalue weighted by atomic mass is 19.1. The summed E-state index contributed by atoms with van der Waals surface area (Å²) in [5.74, 6) is -0.882. The Labute approximate surface area is 122 Å². The average molecular weight is 295 g/mol. The molecule has 0 unspecified atom stereocenters. The van der Waals surface area contributed by atoms with Crippen LogP contribution in [-0.4, -0.2) is 30.2 Å². The molecule has 0 saturated carbocycles. The molecule has 0 aromatic heterocycles. The Balaban J connectivity index is 2.05. The van der Waals surface area contributed by atoms with E-state index in [0.29, 0.717) is 11.4 Å². The third-order valence-corrected chi connectivity index (χ3v) is 2.74. The van der Waals surface area contributed by atoms with Crippen molar-refractivity contribution in [1.82, 2.24) is 5.32 Å². The topological polar surface area (TPSA) is 79.5 Å². The first kappa shape index (κ1) is 15.1. The van der Waals surface area contributed by atoms with Crippen LogP contribution in [0.2, 0.25) is 0 Å². The molecule has 3 N–H and O–H groups in total. The predicted molar refractivity (Wildman–Crippen MR) is 76.7 cm³/mol. The van der Waals surface area contributed by atoms with Crippen LogP contribution in [0, 0.1) is 5.82 Å². The third-order valence-electron chi connectivity index (χ3n) is 2.74. The van der Waals surface area contributed by atoms with Gasteiger partial charge in [-0.05, 0) is 39.0 Å². The van der Waals surface area contributed by atoms with Crippen LogP contribution in [0.3, 0.4) is 0 Å². The first-order valence-corrected chi connectivity index (χ1v) is 6.58. The number of carbonyl (C=O) groups is 2. The monoisotopic (exact) mass is 295 g/mol. The molecular formula is C14H18FN3O3. The van der Waals surface area contributed by atoms with Crippen molar-refractivity contribution < 1.29 is 18.7 Å². The van der Waals surface area contributed by atoms with E-state index in [2.05, 4.69) is 16.0 Å². The van der Waals surface area contributed by atoms with Gasteiger partial charge in [0.25, 0.3) is 0 Å². The van der Waals surface area contributed by atoms with Crippen LogP contribution in [0.4, 0.5) is 20.6 Å². The first-order valence-electron chi connectivity index (χ1n) is 6.58. The first-order chi connectivity index (χ1) is 9.74. The number of fused-ring (bicyclic) bond motifs is 1. The zero-order valence-corrected chi connectivity index (χ0v) is 12.1. The molecule has 1 aromatic carbocycles. The summed E-state index contributed by atoms with van der Waals surface area (Å²) < 4.78 is 18.3. The van der Waals surface area contributed by atoms with Crippen molar-refractivity contribution in [2.45, 2.75) is 32.4 Å². The van der Waals surface area contributed by atoms with E-state index in [-0.39, 0.29) is 6.54 Å². The SMILES string of the molecule is CC(C)(C)OC(=O)N[C@H]1CNc2ccc(F)cc2NC1=O. The number of benzene rings is 1. The van der Waals surface area contributed by atoms with Crippen LogP contribution in [0.25, 0.3) is 0 Å². The Morgan fingerprint density at radius 1 is 1.38 bits per heavy atom. The van der Waals surface area contributed by atoms with Crippen LogP contribution in [-0.2, 0) is 9.53 Å². The molecule has 1 aromatic rings. The van der Waals surface area contributed by atoms with E-state index in [4.69, 9.17) is 4.74 Å². The molecular weight excluding hydrogens is 277 g/mol. The Hall–Kier alpha value is -2.31. The number of nitrogens with one attached hydrogen (secondary N) is 3. The number of ether oxygens (including phenoxy) is 1. The number of hydrogen-bond acceptors (Lipinski definition) is 4. The molecule has 2 amide bonds. The smallest absolute Gasteiger partial charge is 0.408 e. The van der Waals surface area contributed by atoms with Gasteiger partial charge in [-0.1, -0.05) is 0 Å². The normalized spacial score (nSPS) is 17.9. The second kappa shape index (κ2) is 5.59. The van der Waals surface area contributed by atoms with Gasteiger partial charge in [0.2, 0.25) is 5.91 Å². The Morgan fingerprint density at radius 3 is 2.76 bits per heavy atom. The summed E-state index contributed by atoms with van der Waals surface area (Å²) in [6.07, 6.45) is -0.679. The van der Waals surface area contributed by atoms with Crippen LogP contribution in [0.5, 0.6) is 0 Å². The quantitative estimate of drug-likeness (QED) is 0.741. The van der Waals surface area contributed by atoms with Crippen LogP contribution in [0.1, 0.15) is 20.8 Å². The fraction of sp³-hybridized carbons (Fsp3) is 0.429. The van der Waals surface area contributed by atoms with E-state index in [1.165, 1.54) is 18.2 Å². The third kappa shape index (κ3) is 4.08. The molecule has 0 bridgehead atoms. The lowest BCUT2D eigenvalue weighted by molar-refractivity contribution is -0.117. The number of carbonyl (C=O) groups excluding carboxylic acids is 2. The summed E-state index contributed by atoms with van der Waals surface area (Å²) >= 11 is 0. The Morgan fingerprint density at radius 2 is 2.10 bits per heavy atom. The van der Waals surface area contributed by atoms with Crippen LogP contribution >= 0.6 is 0 Å². The van der Waals surface area contributed by atoms with Crippen molar-refractivity contribution in [3.05, 3.63) is 24.0 Å². The van der Waals surface area contributed by atoms with Gasteiger partial charge in [0, 0.05) is 6.54 Å². The number of anilines is 2. The number of rotatable bonds is 1. The predicted octanol–water partition coefficient (Wildman–Crippen LogP) is 2.08. The number of amides is 2. The lowest BCUT2D eigenvalue weighted by Crippen LogP contribution is -2.48. The molecule has 1 heterocycles. The van der Waals surface area contributed by atoms with Crippen LogP contribution in [0.15, 0.2) is 18.2 Å². The van der Waals surface area contributed by atoms with Crippen LogP contribution < -0.4 is 16.0 Å². The highest BCUT2D eigenvalue weighted by Crippen LogP contribution is 2.24. The number of alkyl carbamates (subject to hydrolysis) is 1. The average Bonchev–Trinajstić information content (AvgIpc) is 2.47. The van der Waals surface area contributed by atoms with Gasteiger partial charge in [-0.3, -0.25) is 4.79 Å². The second-order valence-corrected chi connectivity index (χ2v) is 5.76. The van der Waals surface area contributed by atoms with Gasteiger partial charge in [0.15, 0.2) is 0 Å². The molecule has 1 atom stereocenters. The zero-order chi connectivity index (χ0) is 15.6. The molecule has 2 rings (SSSR count). The highest BCUT2D eigenvalue weighted by Gasteiger charge is 2.27. The minimum Gasteiger partial charge on any atom is -0.444 e. The summed E-state index contributed by atoms with van der Waals surface area (Å²) in [5.41, 5.74) is 0.289. The summed E-state index contributed by atoms with van der Waals surface area (Å²) in [4.78, 5) is 23.8. The zero-order valence-electron chi connectivity index (χ0n) is 12.1. The molecule has 7 heteroatoms. The van der Waals surface area contributed by atoms with E-state index < -0.39 is 29.5 Å². The van der Waals surface area contributed by atoms with Gasteiger partial charge in [0.1, 0.15) is 17.5 Å². The molecule has 0 spiro atoms. The summed E-state index contributed by atoms with van der Waals surface area (Å²) in [5, 5.41) is 8.04. The minimum atomic E-state index is -0.810. The molecule has 0 aliphatic carbocycles.